The van der Waals surface area contributed by atoms with E-state index >= 15 is 0 Å². The number of benzene rings is 3. The van der Waals surface area contributed by atoms with E-state index in [2.05, 4.69) is 5.32 Å². The highest BCUT2D eigenvalue weighted by Crippen LogP contribution is 2.34. The summed E-state index contributed by atoms with van der Waals surface area (Å²) in [6.45, 7) is 0. The fraction of sp³-hybridized carbons (Fsp3) is 0.200. The van der Waals surface area contributed by atoms with E-state index in [4.69, 9.17) is 0 Å². The molecule has 1 aliphatic rings. The number of carbonyl (C=O) groups excluding carboxylic acids is 2. The Kier molecular flexibility index (Phi) is 6.26. The number of piperidine rings is 1. The van der Waals surface area contributed by atoms with Crippen LogP contribution in [0.25, 0.3) is 0 Å². The number of carbonyl (C=O) groups is 2. The summed E-state index contributed by atoms with van der Waals surface area (Å²) in [6, 6.07) is 23.9. The van der Waals surface area contributed by atoms with Gasteiger partial charge in [-0.2, -0.15) is 0 Å². The van der Waals surface area contributed by atoms with E-state index in [1.54, 1.807) is 12.1 Å². The number of amides is 2. The maximum absolute atomic E-state index is 12.3. The van der Waals surface area contributed by atoms with Crippen molar-refractivity contribution in [2.45, 2.75) is 31.7 Å². The maximum atomic E-state index is 12.3. The molecule has 4 rings (SSSR count). The smallest absolute Gasteiger partial charge is 0.294 e. The molecule has 7 nitrogen and oxygen atoms in total. The van der Waals surface area contributed by atoms with Gasteiger partial charge in [0.1, 0.15) is 5.69 Å². The third-order valence-electron chi connectivity index (χ3n) is 5.53. The summed E-state index contributed by atoms with van der Waals surface area (Å²) in [5.41, 5.74) is 2.48. The fourth-order valence-corrected chi connectivity index (χ4v) is 3.95. The van der Waals surface area contributed by atoms with Crippen LogP contribution in [-0.4, -0.2) is 16.7 Å². The Bertz CT molecular complexity index is 1120. The van der Waals surface area contributed by atoms with Crippen LogP contribution >= 0.6 is 0 Å². The van der Waals surface area contributed by atoms with Crippen molar-refractivity contribution in [1.29, 1.82) is 0 Å². The number of hydrogen-bond acceptors (Lipinski definition) is 5. The molecule has 0 bridgehead atoms. The van der Waals surface area contributed by atoms with Crippen LogP contribution in [0.2, 0.25) is 0 Å². The summed E-state index contributed by atoms with van der Waals surface area (Å²) in [4.78, 5) is 37.0. The van der Waals surface area contributed by atoms with Gasteiger partial charge in [0.2, 0.25) is 11.8 Å². The lowest BCUT2D eigenvalue weighted by atomic mass is 9.98. The minimum atomic E-state index is -0.491. The molecule has 0 aliphatic carbocycles. The lowest BCUT2D eigenvalue weighted by Crippen LogP contribution is -2.40. The number of nitro groups is 1. The Morgan fingerprint density at radius 1 is 0.906 bits per heavy atom. The number of hydrogen-bond donors (Lipinski definition) is 1. The van der Waals surface area contributed by atoms with Crippen molar-refractivity contribution in [3.63, 3.8) is 0 Å². The molecule has 1 saturated heterocycles. The lowest BCUT2D eigenvalue weighted by molar-refractivity contribution is -0.383. The molecule has 1 heterocycles. The molecule has 1 N–H and O–H groups in total. The second-order valence-electron chi connectivity index (χ2n) is 7.73. The number of anilines is 2. The molecule has 32 heavy (non-hydrogen) atoms. The van der Waals surface area contributed by atoms with Gasteiger partial charge in [-0.15, -0.1) is 0 Å². The Morgan fingerprint density at radius 2 is 1.53 bits per heavy atom. The van der Waals surface area contributed by atoms with Crippen molar-refractivity contribution in [3.8, 4) is 0 Å². The van der Waals surface area contributed by atoms with Crippen LogP contribution in [0, 0.1) is 10.1 Å². The Morgan fingerprint density at radius 3 is 2.16 bits per heavy atom. The normalized spacial score (nSPS) is 14.8. The molecule has 7 heteroatoms. The molecule has 0 saturated carbocycles. The molecule has 3 aromatic rings. The van der Waals surface area contributed by atoms with Gasteiger partial charge in [-0.3, -0.25) is 24.6 Å². The van der Waals surface area contributed by atoms with Gasteiger partial charge in [0.15, 0.2) is 0 Å². The maximum Gasteiger partial charge on any atom is 0.294 e. The average Bonchev–Trinajstić information content (AvgIpc) is 2.80. The number of rotatable bonds is 7. The van der Waals surface area contributed by atoms with E-state index in [1.165, 1.54) is 6.07 Å². The summed E-state index contributed by atoms with van der Waals surface area (Å²) in [6.07, 6.45) is 1.65. The minimum absolute atomic E-state index is 0.178. The highest BCUT2D eigenvalue weighted by molar-refractivity contribution is 6.16. The van der Waals surface area contributed by atoms with Gasteiger partial charge in [0, 0.05) is 18.9 Å². The third kappa shape index (κ3) is 4.67. The van der Waals surface area contributed by atoms with Gasteiger partial charge < -0.3 is 5.32 Å². The summed E-state index contributed by atoms with van der Waals surface area (Å²) < 4.78 is 0. The predicted octanol–water partition coefficient (Wildman–Crippen LogP) is 5.03. The van der Waals surface area contributed by atoms with Crippen molar-refractivity contribution in [2.24, 2.45) is 0 Å². The molecular formula is C25H23N3O4. The van der Waals surface area contributed by atoms with Gasteiger partial charge in [-0.1, -0.05) is 60.7 Å². The third-order valence-corrected chi connectivity index (χ3v) is 5.53. The predicted molar refractivity (Wildman–Crippen MR) is 122 cm³/mol. The SMILES string of the molecule is O=C1CCCC(=O)N1c1ccc(N[C@H](Cc2ccccc2)c2ccccc2)c([N+](=O)[O-])c1. The van der Waals surface area contributed by atoms with E-state index in [0.29, 0.717) is 18.5 Å². The van der Waals surface area contributed by atoms with Crippen molar-refractivity contribution in [3.05, 3.63) is 100 Å². The standard InChI is InChI=1S/C25H23N3O4/c29-24-12-7-13-25(30)27(24)20-14-15-21(23(17-20)28(31)32)26-22(19-10-5-2-6-11-19)16-18-8-3-1-4-9-18/h1-6,8-11,14-15,17,22,26H,7,12-13,16H2/t22-/m1/s1. The van der Waals surface area contributed by atoms with Gasteiger partial charge in [-0.05, 0) is 36.1 Å². The molecule has 162 valence electrons. The monoisotopic (exact) mass is 429 g/mol. The summed E-state index contributed by atoms with van der Waals surface area (Å²) >= 11 is 0. The number of nitrogens with zero attached hydrogens (tertiary/aromatic N) is 2. The van der Waals surface area contributed by atoms with Crippen molar-refractivity contribution in [1.82, 2.24) is 0 Å². The first kappa shape index (κ1) is 21.2. The quantitative estimate of drug-likeness (QED) is 0.323. The molecule has 0 unspecified atom stereocenters. The second-order valence-corrected chi connectivity index (χ2v) is 7.73. The molecule has 1 atom stereocenters. The van der Waals surface area contributed by atoms with Crippen LogP contribution in [0.15, 0.2) is 78.9 Å². The summed E-state index contributed by atoms with van der Waals surface area (Å²) in [5.74, 6) is -0.662. The molecule has 1 aliphatic heterocycles. The Balaban J connectivity index is 1.68. The van der Waals surface area contributed by atoms with Gasteiger partial charge >= 0.3 is 0 Å². The van der Waals surface area contributed by atoms with E-state index in [1.807, 2.05) is 60.7 Å². The van der Waals surface area contributed by atoms with Crippen LogP contribution < -0.4 is 10.2 Å². The zero-order chi connectivity index (χ0) is 22.5. The number of imide groups is 1. The van der Waals surface area contributed by atoms with Crippen LogP contribution in [0.3, 0.4) is 0 Å². The zero-order valence-electron chi connectivity index (χ0n) is 17.4. The first-order chi connectivity index (χ1) is 15.5. The van der Waals surface area contributed by atoms with E-state index in [0.717, 1.165) is 16.0 Å². The first-order valence-electron chi connectivity index (χ1n) is 10.5. The first-order valence-corrected chi connectivity index (χ1v) is 10.5. The highest BCUT2D eigenvalue weighted by atomic mass is 16.6. The highest BCUT2D eigenvalue weighted by Gasteiger charge is 2.29. The molecule has 0 radical (unpaired) electrons. The van der Waals surface area contributed by atoms with Crippen molar-refractivity contribution < 1.29 is 14.5 Å². The van der Waals surface area contributed by atoms with Crippen LogP contribution in [-0.2, 0) is 16.0 Å². The molecule has 0 spiro atoms. The van der Waals surface area contributed by atoms with Gasteiger partial charge in [-0.25, -0.2) is 0 Å². The van der Waals surface area contributed by atoms with Gasteiger partial charge in [0.25, 0.3) is 5.69 Å². The summed E-state index contributed by atoms with van der Waals surface area (Å²) in [7, 11) is 0. The Hall–Kier alpha value is -4.00. The van der Waals surface area contributed by atoms with Crippen molar-refractivity contribution >= 4 is 28.9 Å². The van der Waals surface area contributed by atoms with E-state index in [-0.39, 0.29) is 42.1 Å². The zero-order valence-corrected chi connectivity index (χ0v) is 17.4. The molecule has 1 fully saturated rings. The van der Waals surface area contributed by atoms with E-state index in [9.17, 15) is 19.7 Å². The molecule has 2 amide bonds. The molecular weight excluding hydrogens is 406 g/mol. The number of nitrogens with one attached hydrogen (secondary N) is 1. The second kappa shape index (κ2) is 9.43. The average molecular weight is 429 g/mol. The number of nitro benzene ring substituents is 1. The van der Waals surface area contributed by atoms with E-state index < -0.39 is 4.92 Å². The lowest BCUT2D eigenvalue weighted by Gasteiger charge is -2.25. The molecule has 3 aromatic carbocycles. The van der Waals surface area contributed by atoms with Gasteiger partial charge in [0.05, 0.1) is 16.7 Å². The Labute approximate surface area is 185 Å². The largest absolute Gasteiger partial charge is 0.372 e. The molecule has 0 aromatic heterocycles. The van der Waals surface area contributed by atoms with Crippen LogP contribution in [0.4, 0.5) is 17.1 Å². The van der Waals surface area contributed by atoms with Crippen molar-refractivity contribution in [2.75, 3.05) is 10.2 Å². The van der Waals surface area contributed by atoms with Crippen LogP contribution in [0.5, 0.6) is 0 Å². The topological polar surface area (TPSA) is 92.6 Å². The van der Waals surface area contributed by atoms with Crippen LogP contribution in [0.1, 0.15) is 36.4 Å². The fourth-order valence-electron chi connectivity index (χ4n) is 3.95. The minimum Gasteiger partial charge on any atom is -0.372 e. The summed E-state index contributed by atoms with van der Waals surface area (Å²) in [5, 5.41) is 15.2.